The van der Waals surface area contributed by atoms with Crippen LogP contribution in [0.15, 0.2) is 48.5 Å². The Morgan fingerprint density at radius 1 is 1.00 bits per heavy atom. The summed E-state index contributed by atoms with van der Waals surface area (Å²) in [4.78, 5) is 11.4. The maximum Gasteiger partial charge on any atom is 0.311 e. The standard InChI is InChI=1S/C18H20O3/c1-13-3-7-15(8-4-13)17(18(19)20)11-12-21-16-9-5-14(2)6-10-16/h3-10,17H,11-12H2,1-2H3,(H,19,20). The van der Waals surface area contributed by atoms with Crippen LogP contribution in [0, 0.1) is 13.8 Å². The summed E-state index contributed by atoms with van der Waals surface area (Å²) in [6.07, 6.45) is 0.451. The minimum absolute atomic E-state index is 0.383. The number of hydrogen-bond acceptors (Lipinski definition) is 2. The number of aliphatic carboxylic acids is 1. The van der Waals surface area contributed by atoms with Crippen molar-refractivity contribution in [2.24, 2.45) is 0 Å². The molecule has 3 heteroatoms. The fraction of sp³-hybridized carbons (Fsp3) is 0.278. The first-order valence-electron chi connectivity index (χ1n) is 7.05. The van der Waals surface area contributed by atoms with Crippen LogP contribution in [-0.2, 0) is 4.79 Å². The molecular weight excluding hydrogens is 264 g/mol. The van der Waals surface area contributed by atoms with Gasteiger partial charge in [0.2, 0.25) is 0 Å². The first-order chi connectivity index (χ1) is 10.1. The molecule has 0 radical (unpaired) electrons. The van der Waals surface area contributed by atoms with Gasteiger partial charge in [0.25, 0.3) is 0 Å². The van der Waals surface area contributed by atoms with Crippen molar-refractivity contribution in [3.8, 4) is 5.75 Å². The third-order valence-electron chi connectivity index (χ3n) is 3.47. The fourth-order valence-corrected chi connectivity index (χ4v) is 2.16. The lowest BCUT2D eigenvalue weighted by Gasteiger charge is -2.14. The molecular formula is C18H20O3. The van der Waals surface area contributed by atoms with Gasteiger partial charge in [-0.2, -0.15) is 0 Å². The molecule has 0 bridgehead atoms. The largest absolute Gasteiger partial charge is 0.494 e. The van der Waals surface area contributed by atoms with E-state index in [1.807, 2.05) is 62.4 Å². The molecule has 0 aliphatic rings. The van der Waals surface area contributed by atoms with Crippen LogP contribution in [0.2, 0.25) is 0 Å². The number of carbonyl (C=O) groups is 1. The number of hydrogen-bond donors (Lipinski definition) is 1. The van der Waals surface area contributed by atoms with E-state index < -0.39 is 11.9 Å². The molecule has 0 spiro atoms. The predicted octanol–water partition coefficient (Wildman–Crippen LogP) is 3.94. The average Bonchev–Trinajstić information content (AvgIpc) is 2.46. The maximum atomic E-state index is 11.4. The molecule has 0 amide bonds. The first-order valence-corrected chi connectivity index (χ1v) is 7.05. The highest BCUT2D eigenvalue weighted by Gasteiger charge is 2.19. The Kier molecular flexibility index (Phi) is 4.99. The highest BCUT2D eigenvalue weighted by atomic mass is 16.5. The topological polar surface area (TPSA) is 46.5 Å². The summed E-state index contributed by atoms with van der Waals surface area (Å²) in [7, 11) is 0. The average molecular weight is 284 g/mol. The highest BCUT2D eigenvalue weighted by Crippen LogP contribution is 2.21. The molecule has 3 nitrogen and oxygen atoms in total. The minimum atomic E-state index is -0.814. The van der Waals surface area contributed by atoms with Gasteiger partial charge >= 0.3 is 5.97 Å². The van der Waals surface area contributed by atoms with Crippen LogP contribution in [0.5, 0.6) is 5.75 Å². The number of ether oxygens (including phenoxy) is 1. The molecule has 0 aliphatic carbocycles. The van der Waals surface area contributed by atoms with Gasteiger partial charge in [-0.15, -0.1) is 0 Å². The van der Waals surface area contributed by atoms with E-state index >= 15 is 0 Å². The summed E-state index contributed by atoms with van der Waals surface area (Å²) in [6, 6.07) is 15.4. The van der Waals surface area contributed by atoms with Crippen LogP contribution in [-0.4, -0.2) is 17.7 Å². The van der Waals surface area contributed by atoms with E-state index in [4.69, 9.17) is 4.74 Å². The monoisotopic (exact) mass is 284 g/mol. The van der Waals surface area contributed by atoms with Crippen molar-refractivity contribution in [1.82, 2.24) is 0 Å². The molecule has 1 atom stereocenters. The number of benzene rings is 2. The van der Waals surface area contributed by atoms with Crippen LogP contribution < -0.4 is 4.74 Å². The van der Waals surface area contributed by atoms with E-state index in [1.54, 1.807) is 0 Å². The van der Waals surface area contributed by atoms with Crippen molar-refractivity contribution < 1.29 is 14.6 Å². The van der Waals surface area contributed by atoms with Crippen molar-refractivity contribution in [2.45, 2.75) is 26.2 Å². The Balaban J connectivity index is 1.96. The molecule has 0 saturated heterocycles. The number of carboxylic acids is 1. The molecule has 0 aromatic heterocycles. The van der Waals surface area contributed by atoms with E-state index in [0.29, 0.717) is 13.0 Å². The normalized spacial score (nSPS) is 11.9. The van der Waals surface area contributed by atoms with Crippen LogP contribution in [0.1, 0.15) is 29.0 Å². The van der Waals surface area contributed by atoms with Gasteiger partial charge in [0.1, 0.15) is 5.75 Å². The van der Waals surface area contributed by atoms with Crippen molar-refractivity contribution in [3.63, 3.8) is 0 Å². The number of aryl methyl sites for hydroxylation is 2. The zero-order chi connectivity index (χ0) is 15.2. The van der Waals surface area contributed by atoms with Gasteiger partial charge in [-0.3, -0.25) is 4.79 Å². The van der Waals surface area contributed by atoms with Crippen molar-refractivity contribution in [2.75, 3.05) is 6.61 Å². The molecule has 0 aliphatic heterocycles. The lowest BCUT2D eigenvalue weighted by Crippen LogP contribution is -2.15. The smallest absolute Gasteiger partial charge is 0.311 e. The molecule has 0 heterocycles. The van der Waals surface area contributed by atoms with Gasteiger partial charge in [-0.25, -0.2) is 0 Å². The van der Waals surface area contributed by atoms with Crippen molar-refractivity contribution in [1.29, 1.82) is 0 Å². The molecule has 2 rings (SSSR count). The molecule has 2 aromatic rings. The Morgan fingerprint density at radius 2 is 1.52 bits per heavy atom. The maximum absolute atomic E-state index is 11.4. The predicted molar refractivity (Wildman–Crippen MR) is 82.8 cm³/mol. The Labute approximate surface area is 125 Å². The van der Waals surface area contributed by atoms with Crippen molar-refractivity contribution in [3.05, 3.63) is 65.2 Å². The van der Waals surface area contributed by atoms with Gasteiger partial charge in [0.15, 0.2) is 0 Å². The van der Waals surface area contributed by atoms with Gasteiger partial charge in [0.05, 0.1) is 12.5 Å². The van der Waals surface area contributed by atoms with Gasteiger partial charge in [0, 0.05) is 0 Å². The lowest BCUT2D eigenvalue weighted by molar-refractivity contribution is -0.139. The van der Waals surface area contributed by atoms with Gasteiger partial charge < -0.3 is 9.84 Å². The highest BCUT2D eigenvalue weighted by molar-refractivity contribution is 5.76. The minimum Gasteiger partial charge on any atom is -0.494 e. The second-order valence-corrected chi connectivity index (χ2v) is 5.25. The van der Waals surface area contributed by atoms with E-state index in [0.717, 1.165) is 16.9 Å². The molecule has 1 unspecified atom stereocenters. The van der Waals surface area contributed by atoms with Gasteiger partial charge in [-0.05, 0) is 38.0 Å². The molecule has 0 saturated carbocycles. The summed E-state index contributed by atoms with van der Waals surface area (Å²) in [5.41, 5.74) is 3.12. The Bertz CT molecular complexity index is 585. The summed E-state index contributed by atoms with van der Waals surface area (Å²) in [6.45, 7) is 4.38. The van der Waals surface area contributed by atoms with E-state index in [9.17, 15) is 9.90 Å². The van der Waals surface area contributed by atoms with Crippen LogP contribution >= 0.6 is 0 Å². The summed E-state index contributed by atoms with van der Waals surface area (Å²) in [5, 5.41) is 9.37. The van der Waals surface area contributed by atoms with Crippen molar-refractivity contribution >= 4 is 5.97 Å². The summed E-state index contributed by atoms with van der Waals surface area (Å²) >= 11 is 0. The first kappa shape index (κ1) is 15.1. The summed E-state index contributed by atoms with van der Waals surface area (Å²) in [5.74, 6) is -0.573. The quantitative estimate of drug-likeness (QED) is 0.874. The molecule has 1 N–H and O–H groups in total. The molecule has 21 heavy (non-hydrogen) atoms. The zero-order valence-corrected chi connectivity index (χ0v) is 12.4. The Hall–Kier alpha value is -2.29. The van der Waals surface area contributed by atoms with Crippen LogP contribution in [0.25, 0.3) is 0 Å². The fourth-order valence-electron chi connectivity index (χ4n) is 2.16. The van der Waals surface area contributed by atoms with E-state index in [1.165, 1.54) is 5.56 Å². The van der Waals surface area contributed by atoms with E-state index in [-0.39, 0.29) is 0 Å². The van der Waals surface area contributed by atoms with Crippen LogP contribution in [0.4, 0.5) is 0 Å². The van der Waals surface area contributed by atoms with Crippen LogP contribution in [0.3, 0.4) is 0 Å². The lowest BCUT2D eigenvalue weighted by atomic mass is 9.95. The number of rotatable bonds is 6. The molecule has 0 fully saturated rings. The molecule has 2 aromatic carbocycles. The second kappa shape index (κ2) is 6.93. The number of carboxylic acid groups (broad SMARTS) is 1. The Morgan fingerprint density at radius 3 is 2.05 bits per heavy atom. The SMILES string of the molecule is Cc1ccc(OCCC(C(=O)O)c2ccc(C)cc2)cc1. The molecule has 110 valence electrons. The zero-order valence-electron chi connectivity index (χ0n) is 12.4. The third kappa shape index (κ3) is 4.35. The summed E-state index contributed by atoms with van der Waals surface area (Å²) < 4.78 is 5.62. The second-order valence-electron chi connectivity index (χ2n) is 5.25. The van der Waals surface area contributed by atoms with E-state index in [2.05, 4.69) is 0 Å². The van der Waals surface area contributed by atoms with Gasteiger partial charge in [-0.1, -0.05) is 47.5 Å². The third-order valence-corrected chi connectivity index (χ3v) is 3.47.